The number of imidazole rings is 1. The molecule has 2 aromatic heterocycles. The number of sulfone groups is 1. The number of nitrogen functional groups attached to an aromatic ring is 1. The van der Waals surface area contributed by atoms with Crippen LogP contribution in [0.2, 0.25) is 0 Å². The fraction of sp³-hybridized carbons (Fsp3) is 0.571. The van der Waals surface area contributed by atoms with Crippen molar-refractivity contribution < 1.29 is 13.2 Å². The van der Waals surface area contributed by atoms with Crippen LogP contribution >= 0.6 is 0 Å². The van der Waals surface area contributed by atoms with E-state index in [1.807, 2.05) is 0 Å². The Bertz CT molecular complexity index is 904. The summed E-state index contributed by atoms with van der Waals surface area (Å²) in [4.78, 5) is 26.6. The number of hydrogen-bond donors (Lipinski definition) is 1. The Morgan fingerprint density at radius 2 is 2.04 bits per heavy atom. The lowest BCUT2D eigenvalue weighted by molar-refractivity contribution is -0.134. The van der Waals surface area contributed by atoms with Gasteiger partial charge in [-0.2, -0.15) is 0 Å². The lowest BCUT2D eigenvalue weighted by atomic mass is 10.1. The Hall–Kier alpha value is -2.23. The van der Waals surface area contributed by atoms with Gasteiger partial charge in [-0.05, 0) is 20.8 Å². The monoisotopic (exact) mass is 352 g/mol. The zero-order valence-electron chi connectivity index (χ0n) is 13.8. The predicted octanol–water partition coefficient (Wildman–Crippen LogP) is 0.00510. The minimum atomic E-state index is -3.20. The summed E-state index contributed by atoms with van der Waals surface area (Å²) in [6.07, 6.45) is 2.83. The maximum Gasteiger partial charge on any atom is 0.245 e. The van der Waals surface area contributed by atoms with Gasteiger partial charge in [-0.1, -0.05) is 0 Å². The van der Waals surface area contributed by atoms with E-state index in [0.29, 0.717) is 11.2 Å². The number of fused-ring (bicyclic) bond motifs is 1. The van der Waals surface area contributed by atoms with Crippen LogP contribution < -0.4 is 5.73 Å². The molecule has 0 aromatic carbocycles. The molecule has 1 aliphatic heterocycles. The third-order valence-electron chi connectivity index (χ3n) is 4.52. The summed E-state index contributed by atoms with van der Waals surface area (Å²) in [5.41, 5.74) is 6.69. The van der Waals surface area contributed by atoms with Gasteiger partial charge in [-0.3, -0.25) is 4.79 Å². The molecule has 0 aliphatic carbocycles. The van der Waals surface area contributed by atoms with E-state index >= 15 is 0 Å². The molecule has 2 aromatic rings. The van der Waals surface area contributed by atoms with Crippen LogP contribution in [0.25, 0.3) is 11.2 Å². The summed E-state index contributed by atoms with van der Waals surface area (Å²) in [5, 5.41) is 0. The second-order valence-corrected chi connectivity index (χ2v) is 9.34. The summed E-state index contributed by atoms with van der Waals surface area (Å²) < 4.78 is 24.9. The Morgan fingerprint density at radius 3 is 2.71 bits per heavy atom. The predicted molar refractivity (Wildman–Crippen MR) is 88.9 cm³/mol. The van der Waals surface area contributed by atoms with Crippen molar-refractivity contribution >= 4 is 32.7 Å². The third kappa shape index (κ3) is 2.50. The van der Waals surface area contributed by atoms with E-state index in [0.717, 1.165) is 0 Å². The normalized spacial score (nSPS) is 20.9. The van der Waals surface area contributed by atoms with Gasteiger partial charge in [0.2, 0.25) is 5.91 Å². The summed E-state index contributed by atoms with van der Waals surface area (Å²) in [6.45, 7) is 5.39. The van der Waals surface area contributed by atoms with E-state index in [-0.39, 0.29) is 30.6 Å². The highest BCUT2D eigenvalue weighted by Gasteiger charge is 2.42. The van der Waals surface area contributed by atoms with Crippen molar-refractivity contribution in [1.82, 2.24) is 24.4 Å². The van der Waals surface area contributed by atoms with Gasteiger partial charge in [0.15, 0.2) is 21.3 Å². The molecule has 10 heteroatoms. The van der Waals surface area contributed by atoms with E-state index in [2.05, 4.69) is 15.0 Å². The van der Waals surface area contributed by atoms with Crippen molar-refractivity contribution in [3.8, 4) is 0 Å². The van der Waals surface area contributed by atoms with E-state index in [4.69, 9.17) is 5.73 Å². The Balaban J connectivity index is 1.89. The average Bonchev–Trinajstić information content (AvgIpc) is 2.94. The van der Waals surface area contributed by atoms with Crippen molar-refractivity contribution in [2.24, 2.45) is 0 Å². The van der Waals surface area contributed by atoms with Gasteiger partial charge in [-0.15, -0.1) is 0 Å². The van der Waals surface area contributed by atoms with Gasteiger partial charge in [0.1, 0.15) is 17.9 Å². The molecule has 1 amide bonds. The number of nitrogens with two attached hydrogens (primary N) is 1. The SMILES string of the molecule is CC(C(=O)N1CCS(=O)(=O)C(C)(C)C1)n1cnc2c(N)ncnc21. The number of hydrogen-bond acceptors (Lipinski definition) is 7. The fourth-order valence-corrected chi connectivity index (χ4v) is 4.23. The maximum atomic E-state index is 12.8. The zero-order valence-corrected chi connectivity index (χ0v) is 14.6. The van der Waals surface area contributed by atoms with Crippen LogP contribution in [-0.4, -0.2) is 62.3 Å². The van der Waals surface area contributed by atoms with E-state index in [9.17, 15) is 13.2 Å². The largest absolute Gasteiger partial charge is 0.382 e. The highest BCUT2D eigenvalue weighted by atomic mass is 32.2. The first-order valence-electron chi connectivity index (χ1n) is 7.58. The number of amides is 1. The topological polar surface area (TPSA) is 124 Å². The van der Waals surface area contributed by atoms with Gasteiger partial charge >= 0.3 is 0 Å². The van der Waals surface area contributed by atoms with Crippen LogP contribution in [0.3, 0.4) is 0 Å². The maximum absolute atomic E-state index is 12.8. The quantitative estimate of drug-likeness (QED) is 0.807. The van der Waals surface area contributed by atoms with Crippen LogP contribution in [0.5, 0.6) is 0 Å². The number of anilines is 1. The average molecular weight is 352 g/mol. The molecule has 0 radical (unpaired) electrons. The molecule has 3 heterocycles. The number of rotatable bonds is 2. The molecule has 24 heavy (non-hydrogen) atoms. The molecule has 1 aliphatic rings. The minimum absolute atomic E-state index is 0.0295. The van der Waals surface area contributed by atoms with E-state index in [1.54, 1.807) is 30.2 Å². The summed E-state index contributed by atoms with van der Waals surface area (Å²) in [6, 6.07) is -0.569. The number of aromatic nitrogens is 4. The van der Waals surface area contributed by atoms with Gasteiger partial charge in [0.05, 0.1) is 16.8 Å². The molecule has 3 rings (SSSR count). The van der Waals surface area contributed by atoms with Crippen LogP contribution in [0.15, 0.2) is 12.7 Å². The molecule has 2 N–H and O–H groups in total. The van der Waals surface area contributed by atoms with Gasteiger partial charge in [0, 0.05) is 13.1 Å². The Morgan fingerprint density at radius 1 is 1.33 bits per heavy atom. The Labute approximate surface area is 139 Å². The summed E-state index contributed by atoms with van der Waals surface area (Å²) in [7, 11) is -3.20. The van der Waals surface area contributed by atoms with Crippen molar-refractivity contribution in [3.05, 3.63) is 12.7 Å². The third-order valence-corrected chi connectivity index (χ3v) is 7.05. The molecule has 1 fully saturated rings. The molecule has 0 bridgehead atoms. The van der Waals surface area contributed by atoms with Crippen molar-refractivity contribution in [3.63, 3.8) is 0 Å². The van der Waals surface area contributed by atoms with E-state index in [1.165, 1.54) is 12.7 Å². The van der Waals surface area contributed by atoms with Gasteiger partial charge in [-0.25, -0.2) is 23.4 Å². The minimum Gasteiger partial charge on any atom is -0.382 e. The molecule has 1 atom stereocenters. The lowest BCUT2D eigenvalue weighted by Crippen LogP contribution is -2.55. The lowest BCUT2D eigenvalue weighted by Gasteiger charge is -2.38. The first kappa shape index (κ1) is 16.6. The van der Waals surface area contributed by atoms with Crippen molar-refractivity contribution in [2.45, 2.75) is 31.6 Å². The first-order valence-corrected chi connectivity index (χ1v) is 9.23. The summed E-state index contributed by atoms with van der Waals surface area (Å²) >= 11 is 0. The zero-order chi connectivity index (χ0) is 17.7. The molecule has 1 unspecified atom stereocenters. The van der Waals surface area contributed by atoms with Crippen molar-refractivity contribution in [2.75, 3.05) is 24.6 Å². The second kappa shape index (κ2) is 5.40. The van der Waals surface area contributed by atoms with Crippen LogP contribution in [-0.2, 0) is 14.6 Å². The first-order chi connectivity index (χ1) is 11.1. The fourth-order valence-electron chi connectivity index (χ4n) is 2.87. The molecule has 9 nitrogen and oxygen atoms in total. The highest BCUT2D eigenvalue weighted by Crippen LogP contribution is 2.26. The van der Waals surface area contributed by atoms with E-state index < -0.39 is 20.6 Å². The molecular weight excluding hydrogens is 332 g/mol. The van der Waals surface area contributed by atoms with Crippen LogP contribution in [0, 0.1) is 0 Å². The number of carbonyl (C=O) groups is 1. The Kier molecular flexibility index (Phi) is 3.74. The summed E-state index contributed by atoms with van der Waals surface area (Å²) in [5.74, 6) is 0.0520. The highest BCUT2D eigenvalue weighted by molar-refractivity contribution is 7.92. The molecule has 0 saturated carbocycles. The number of nitrogens with zero attached hydrogens (tertiary/aromatic N) is 5. The van der Waals surface area contributed by atoms with Crippen molar-refractivity contribution in [1.29, 1.82) is 0 Å². The molecular formula is C14H20N6O3S. The standard InChI is InChI=1S/C14H20N6O3S/c1-9(20-8-18-10-11(15)16-7-17-12(10)20)13(21)19-4-5-24(22,23)14(2,3)6-19/h7-9H,4-6H2,1-3H3,(H2,15,16,17). The second-order valence-electron chi connectivity index (χ2n) is 6.60. The molecule has 0 spiro atoms. The molecule has 130 valence electrons. The van der Waals surface area contributed by atoms with Gasteiger partial charge < -0.3 is 15.2 Å². The van der Waals surface area contributed by atoms with Crippen LogP contribution in [0.1, 0.15) is 26.8 Å². The molecule has 1 saturated heterocycles. The smallest absolute Gasteiger partial charge is 0.245 e. The van der Waals surface area contributed by atoms with Crippen LogP contribution in [0.4, 0.5) is 5.82 Å². The van der Waals surface area contributed by atoms with Gasteiger partial charge in [0.25, 0.3) is 0 Å². The number of carbonyl (C=O) groups excluding carboxylic acids is 1.